The summed E-state index contributed by atoms with van der Waals surface area (Å²) in [5.41, 5.74) is 1.74. The van der Waals surface area contributed by atoms with Crippen LogP contribution in [-0.4, -0.2) is 36.4 Å². The lowest BCUT2D eigenvalue weighted by molar-refractivity contribution is -0.111. The van der Waals surface area contributed by atoms with Gasteiger partial charge in [-0.2, -0.15) is 0 Å². The van der Waals surface area contributed by atoms with Crippen LogP contribution in [0.3, 0.4) is 0 Å². The number of aromatic nitrogens is 1. The Labute approximate surface area is 249 Å². The Morgan fingerprint density at radius 1 is 0.881 bits per heavy atom. The zero-order valence-corrected chi connectivity index (χ0v) is 25.5. The van der Waals surface area contributed by atoms with Gasteiger partial charge < -0.3 is 29.2 Å². The van der Waals surface area contributed by atoms with E-state index in [2.05, 4.69) is 19.2 Å². The Hall–Kier alpha value is -3.94. The minimum atomic E-state index is -0.330. The molecule has 8 nitrogen and oxygen atoms in total. The first-order valence-corrected chi connectivity index (χ1v) is 15.2. The highest BCUT2D eigenvalue weighted by atomic mass is 16.5. The molecule has 2 aromatic carbocycles. The van der Waals surface area contributed by atoms with Gasteiger partial charge in [-0.25, -0.2) is 0 Å². The first-order chi connectivity index (χ1) is 20.4. The van der Waals surface area contributed by atoms with Crippen molar-refractivity contribution in [3.05, 3.63) is 58.4 Å². The predicted octanol–water partition coefficient (Wildman–Crippen LogP) is 7.70. The Morgan fingerprint density at radius 3 is 2.31 bits per heavy atom. The van der Waals surface area contributed by atoms with Gasteiger partial charge in [-0.3, -0.25) is 9.59 Å². The first kappa shape index (κ1) is 32.6. The highest BCUT2D eigenvalue weighted by molar-refractivity contribution is 6.03. The topological polar surface area (TPSA) is 99.0 Å². The number of amides is 1. The van der Waals surface area contributed by atoms with Gasteiger partial charge in [-0.05, 0) is 54.8 Å². The molecule has 3 rings (SSSR count). The van der Waals surface area contributed by atoms with E-state index in [1.54, 1.807) is 36.0 Å². The monoisotopic (exact) mass is 578 g/mol. The summed E-state index contributed by atoms with van der Waals surface area (Å²) in [5.74, 6) is 0.697. The lowest BCUT2D eigenvalue weighted by atomic mass is 10.1. The fourth-order valence-corrected chi connectivity index (χ4v) is 4.94. The van der Waals surface area contributed by atoms with Crippen LogP contribution in [0.1, 0.15) is 83.6 Å². The van der Waals surface area contributed by atoms with Crippen molar-refractivity contribution in [1.82, 2.24) is 4.57 Å². The predicted molar refractivity (Wildman–Crippen MR) is 170 cm³/mol. The standard InChI is InChI=1S/C34H46N2O6/c1-5-7-9-11-12-14-22-42-33-32(41-4)27-18-17-26(24-28(27)36(34(33)39)21-13-10-8-6-2)35-31(38)20-16-25-15-19-29(37)30(23-25)40-3/h15-20,23-24,37H,5-14,21-22H2,1-4H3,(H,35,38)/b20-16+. The highest BCUT2D eigenvalue weighted by Crippen LogP contribution is 2.34. The van der Waals surface area contributed by atoms with Gasteiger partial charge in [-0.15, -0.1) is 0 Å². The molecule has 2 N–H and O–H groups in total. The number of fused-ring (bicyclic) bond motifs is 1. The van der Waals surface area contributed by atoms with Crippen molar-refractivity contribution >= 4 is 28.6 Å². The van der Waals surface area contributed by atoms with E-state index < -0.39 is 0 Å². The molecular weight excluding hydrogens is 532 g/mol. The summed E-state index contributed by atoms with van der Waals surface area (Å²) >= 11 is 0. The second kappa shape index (κ2) is 17.1. The third-order valence-corrected chi connectivity index (χ3v) is 7.26. The Bertz CT molecular complexity index is 1400. The summed E-state index contributed by atoms with van der Waals surface area (Å²) in [7, 11) is 3.02. The second-order valence-corrected chi connectivity index (χ2v) is 10.5. The number of anilines is 1. The molecular formula is C34H46N2O6. The number of nitrogens with one attached hydrogen (secondary N) is 1. The van der Waals surface area contributed by atoms with Gasteiger partial charge in [0.1, 0.15) is 0 Å². The Balaban J connectivity index is 1.86. The van der Waals surface area contributed by atoms with Crippen LogP contribution in [0.4, 0.5) is 5.69 Å². The molecule has 228 valence electrons. The van der Waals surface area contributed by atoms with E-state index in [-0.39, 0.29) is 23.0 Å². The number of unbranched alkanes of at least 4 members (excludes halogenated alkanes) is 8. The van der Waals surface area contributed by atoms with Crippen LogP contribution in [0, 0.1) is 0 Å². The average Bonchev–Trinajstić information content (AvgIpc) is 2.99. The van der Waals surface area contributed by atoms with Crippen LogP contribution >= 0.6 is 0 Å². The fraction of sp³-hybridized carbons (Fsp3) is 0.471. The lowest BCUT2D eigenvalue weighted by Gasteiger charge is -2.18. The minimum absolute atomic E-state index is 0.0300. The van der Waals surface area contributed by atoms with Gasteiger partial charge >= 0.3 is 0 Å². The smallest absolute Gasteiger partial charge is 0.297 e. The van der Waals surface area contributed by atoms with E-state index in [9.17, 15) is 14.7 Å². The van der Waals surface area contributed by atoms with E-state index in [0.717, 1.165) is 43.9 Å². The van der Waals surface area contributed by atoms with Crippen molar-refractivity contribution in [2.45, 2.75) is 84.6 Å². The molecule has 0 saturated carbocycles. The lowest BCUT2D eigenvalue weighted by Crippen LogP contribution is -2.24. The number of phenolic OH excluding ortho intramolecular Hbond substituents is 1. The normalized spacial score (nSPS) is 11.2. The van der Waals surface area contributed by atoms with E-state index in [1.807, 2.05) is 12.1 Å². The molecule has 0 spiro atoms. The van der Waals surface area contributed by atoms with Crippen LogP contribution in [0.2, 0.25) is 0 Å². The van der Waals surface area contributed by atoms with Gasteiger partial charge in [0.2, 0.25) is 11.7 Å². The average molecular weight is 579 g/mol. The summed E-state index contributed by atoms with van der Waals surface area (Å²) < 4.78 is 18.7. The fourth-order valence-electron chi connectivity index (χ4n) is 4.94. The summed E-state index contributed by atoms with van der Waals surface area (Å²) in [6, 6.07) is 10.3. The number of hydrogen-bond acceptors (Lipinski definition) is 6. The van der Waals surface area contributed by atoms with Crippen LogP contribution in [-0.2, 0) is 11.3 Å². The number of benzene rings is 2. The number of carbonyl (C=O) groups is 1. The van der Waals surface area contributed by atoms with E-state index in [1.165, 1.54) is 44.9 Å². The number of rotatable bonds is 18. The minimum Gasteiger partial charge on any atom is -0.504 e. The van der Waals surface area contributed by atoms with Gasteiger partial charge in [0.05, 0.1) is 26.3 Å². The second-order valence-electron chi connectivity index (χ2n) is 10.5. The molecule has 1 heterocycles. The van der Waals surface area contributed by atoms with Crippen molar-refractivity contribution in [3.8, 4) is 23.0 Å². The number of methoxy groups -OCH3 is 2. The van der Waals surface area contributed by atoms with Gasteiger partial charge in [0, 0.05) is 23.7 Å². The van der Waals surface area contributed by atoms with Crippen molar-refractivity contribution in [1.29, 1.82) is 0 Å². The molecule has 0 unspecified atom stereocenters. The molecule has 0 saturated heterocycles. The third-order valence-electron chi connectivity index (χ3n) is 7.26. The number of hydrogen-bond donors (Lipinski definition) is 2. The molecule has 42 heavy (non-hydrogen) atoms. The molecule has 1 amide bonds. The summed E-state index contributed by atoms with van der Waals surface area (Å²) in [5, 5.41) is 13.4. The largest absolute Gasteiger partial charge is 0.504 e. The number of carbonyl (C=O) groups excluding carboxylic acids is 1. The molecule has 8 heteroatoms. The van der Waals surface area contributed by atoms with Gasteiger partial charge in [-0.1, -0.05) is 71.3 Å². The summed E-state index contributed by atoms with van der Waals surface area (Å²) in [6.07, 6.45) is 13.9. The zero-order chi connectivity index (χ0) is 30.3. The van der Waals surface area contributed by atoms with Crippen LogP contribution in [0.5, 0.6) is 23.0 Å². The molecule has 0 aliphatic carbocycles. The summed E-state index contributed by atoms with van der Waals surface area (Å²) in [4.78, 5) is 26.5. The third kappa shape index (κ3) is 9.03. The van der Waals surface area contributed by atoms with E-state index in [0.29, 0.717) is 41.4 Å². The molecule has 3 aromatic rings. The van der Waals surface area contributed by atoms with Crippen molar-refractivity contribution in [2.75, 3.05) is 26.1 Å². The molecule has 0 bridgehead atoms. The first-order valence-electron chi connectivity index (χ1n) is 15.2. The molecule has 0 aliphatic heterocycles. The van der Waals surface area contributed by atoms with Crippen LogP contribution in [0.15, 0.2) is 47.3 Å². The number of aromatic hydroxyl groups is 1. The maximum atomic E-state index is 13.7. The molecule has 0 fully saturated rings. The number of pyridine rings is 1. The van der Waals surface area contributed by atoms with Crippen LogP contribution < -0.4 is 25.1 Å². The van der Waals surface area contributed by atoms with Crippen LogP contribution in [0.25, 0.3) is 17.0 Å². The molecule has 0 radical (unpaired) electrons. The molecule has 0 aliphatic rings. The SMILES string of the molecule is CCCCCCCCOc1c(OC)c2ccc(NC(=O)/C=C/c3ccc(O)c(OC)c3)cc2n(CCCCCC)c1=O. The number of aryl methyl sites for hydroxylation is 1. The molecule has 0 atom stereocenters. The van der Waals surface area contributed by atoms with E-state index in [4.69, 9.17) is 14.2 Å². The number of phenols is 1. The summed E-state index contributed by atoms with van der Waals surface area (Å²) in [6.45, 7) is 5.37. The Morgan fingerprint density at radius 2 is 1.60 bits per heavy atom. The number of nitrogens with zero attached hydrogens (tertiary/aromatic N) is 1. The quantitative estimate of drug-likeness (QED) is 0.119. The van der Waals surface area contributed by atoms with Crippen molar-refractivity contribution in [3.63, 3.8) is 0 Å². The van der Waals surface area contributed by atoms with Gasteiger partial charge in [0.25, 0.3) is 5.56 Å². The van der Waals surface area contributed by atoms with Crippen molar-refractivity contribution < 1.29 is 24.1 Å². The maximum absolute atomic E-state index is 13.7. The maximum Gasteiger partial charge on any atom is 0.297 e. The Kier molecular flexibility index (Phi) is 13.3. The number of ether oxygens (including phenoxy) is 3. The van der Waals surface area contributed by atoms with E-state index >= 15 is 0 Å². The highest BCUT2D eigenvalue weighted by Gasteiger charge is 2.20. The zero-order valence-electron chi connectivity index (χ0n) is 25.5. The molecule has 1 aromatic heterocycles. The van der Waals surface area contributed by atoms with Gasteiger partial charge in [0.15, 0.2) is 17.2 Å². The van der Waals surface area contributed by atoms with Crippen molar-refractivity contribution in [2.24, 2.45) is 0 Å².